The molecule has 0 spiro atoms. The molecule has 0 bridgehead atoms. The average molecular weight is 202 g/mol. The summed E-state index contributed by atoms with van der Waals surface area (Å²) in [5, 5.41) is 9.58. The van der Waals surface area contributed by atoms with Crippen LogP contribution in [0.2, 0.25) is 0 Å². The van der Waals surface area contributed by atoms with Crippen LogP contribution in [-0.4, -0.2) is 9.67 Å². The number of aromatic nitrogens is 1. The van der Waals surface area contributed by atoms with E-state index in [1.807, 2.05) is 0 Å². The summed E-state index contributed by atoms with van der Waals surface area (Å²) in [4.78, 5) is 11.6. The summed E-state index contributed by atoms with van der Waals surface area (Å²) in [5.74, 6) is 0.0465. The van der Waals surface area contributed by atoms with E-state index in [0.717, 1.165) is 0 Å². The highest BCUT2D eigenvalue weighted by atomic mass is 16.3. The van der Waals surface area contributed by atoms with Crippen LogP contribution in [0.1, 0.15) is 0 Å². The Morgan fingerprint density at radius 1 is 1.13 bits per heavy atom. The lowest BCUT2D eigenvalue weighted by molar-refractivity contribution is 0.472. The van der Waals surface area contributed by atoms with Crippen LogP contribution in [0.5, 0.6) is 5.75 Å². The van der Waals surface area contributed by atoms with E-state index in [4.69, 9.17) is 5.73 Å². The maximum absolute atomic E-state index is 11.6. The minimum Gasteiger partial charge on any atom is -0.506 e. The fraction of sp³-hybridized carbons (Fsp3) is 0. The zero-order valence-electron chi connectivity index (χ0n) is 7.92. The zero-order valence-corrected chi connectivity index (χ0v) is 7.92. The first kappa shape index (κ1) is 9.33. The molecule has 4 heteroatoms. The molecule has 4 nitrogen and oxygen atoms in total. The summed E-state index contributed by atoms with van der Waals surface area (Å²) in [6.07, 6.45) is 1.56. The number of aromatic hydroxyl groups is 1. The molecular formula is C11H10N2O2. The van der Waals surface area contributed by atoms with Crippen LogP contribution in [0.15, 0.2) is 47.4 Å². The first-order chi connectivity index (χ1) is 7.20. The molecule has 2 rings (SSSR count). The van der Waals surface area contributed by atoms with Crippen LogP contribution < -0.4 is 11.3 Å². The van der Waals surface area contributed by atoms with Crippen molar-refractivity contribution in [3.63, 3.8) is 0 Å². The van der Waals surface area contributed by atoms with Crippen LogP contribution in [0.4, 0.5) is 5.69 Å². The van der Waals surface area contributed by atoms with Gasteiger partial charge in [0.1, 0.15) is 5.75 Å². The summed E-state index contributed by atoms with van der Waals surface area (Å²) in [5.41, 5.74) is 5.74. The summed E-state index contributed by atoms with van der Waals surface area (Å²) >= 11 is 0. The molecule has 1 aromatic carbocycles. The Labute approximate surface area is 86.2 Å². The highest BCUT2D eigenvalue weighted by Crippen LogP contribution is 2.18. The van der Waals surface area contributed by atoms with Gasteiger partial charge in [0, 0.05) is 6.20 Å². The SMILES string of the molecule is Nc1cccn(-c2ccccc2O)c1=O. The molecule has 0 radical (unpaired) electrons. The van der Waals surface area contributed by atoms with Gasteiger partial charge in [0.25, 0.3) is 5.56 Å². The fourth-order valence-corrected chi connectivity index (χ4v) is 1.37. The second kappa shape index (κ2) is 3.49. The topological polar surface area (TPSA) is 68.2 Å². The number of anilines is 1. The van der Waals surface area contributed by atoms with E-state index in [1.54, 1.807) is 30.5 Å². The number of hydrogen-bond acceptors (Lipinski definition) is 3. The van der Waals surface area contributed by atoms with Gasteiger partial charge in [0.15, 0.2) is 0 Å². The fourth-order valence-electron chi connectivity index (χ4n) is 1.37. The molecule has 0 atom stereocenters. The number of hydrogen-bond donors (Lipinski definition) is 2. The first-order valence-corrected chi connectivity index (χ1v) is 4.45. The molecule has 15 heavy (non-hydrogen) atoms. The molecule has 3 N–H and O–H groups in total. The quantitative estimate of drug-likeness (QED) is 0.728. The number of benzene rings is 1. The van der Waals surface area contributed by atoms with Gasteiger partial charge in [-0.15, -0.1) is 0 Å². The number of rotatable bonds is 1. The molecule has 2 aromatic rings. The van der Waals surface area contributed by atoms with Crippen LogP contribution in [0.25, 0.3) is 5.69 Å². The summed E-state index contributed by atoms with van der Waals surface area (Å²) in [6, 6.07) is 9.78. The third-order valence-electron chi connectivity index (χ3n) is 2.12. The van der Waals surface area contributed by atoms with Crippen molar-refractivity contribution >= 4 is 5.69 Å². The second-order valence-electron chi connectivity index (χ2n) is 3.13. The zero-order chi connectivity index (χ0) is 10.8. The molecule has 0 aliphatic rings. The summed E-state index contributed by atoms with van der Waals surface area (Å²) < 4.78 is 1.31. The summed E-state index contributed by atoms with van der Waals surface area (Å²) in [6.45, 7) is 0. The minimum absolute atomic E-state index is 0.0465. The average Bonchev–Trinajstić information content (AvgIpc) is 2.23. The van der Waals surface area contributed by atoms with Gasteiger partial charge < -0.3 is 10.8 Å². The van der Waals surface area contributed by atoms with E-state index < -0.39 is 0 Å². The highest BCUT2D eigenvalue weighted by Gasteiger charge is 2.05. The first-order valence-electron chi connectivity index (χ1n) is 4.45. The maximum atomic E-state index is 11.6. The lowest BCUT2D eigenvalue weighted by Gasteiger charge is -2.07. The number of nitrogen functional groups attached to an aromatic ring is 1. The molecule has 1 heterocycles. The number of nitrogens with zero attached hydrogens (tertiary/aromatic N) is 1. The number of phenols is 1. The smallest absolute Gasteiger partial charge is 0.278 e. The highest BCUT2D eigenvalue weighted by molar-refractivity contribution is 5.48. The van der Waals surface area contributed by atoms with Crippen molar-refractivity contribution < 1.29 is 5.11 Å². The van der Waals surface area contributed by atoms with Gasteiger partial charge in [-0.3, -0.25) is 9.36 Å². The maximum Gasteiger partial charge on any atom is 0.278 e. The molecular weight excluding hydrogens is 192 g/mol. The monoisotopic (exact) mass is 202 g/mol. The van der Waals surface area contributed by atoms with E-state index in [9.17, 15) is 9.90 Å². The van der Waals surface area contributed by atoms with Crippen molar-refractivity contribution in [1.29, 1.82) is 0 Å². The minimum atomic E-state index is -0.334. The molecule has 76 valence electrons. The Hall–Kier alpha value is -2.23. The Bertz CT molecular complexity index is 546. The number of para-hydroxylation sites is 2. The Morgan fingerprint density at radius 3 is 2.60 bits per heavy atom. The molecule has 0 aliphatic heterocycles. The standard InChI is InChI=1S/C11H10N2O2/c12-8-4-3-7-13(11(8)15)9-5-1-2-6-10(9)14/h1-7,14H,12H2. The molecule has 0 saturated carbocycles. The largest absolute Gasteiger partial charge is 0.506 e. The van der Waals surface area contributed by atoms with E-state index >= 15 is 0 Å². The third kappa shape index (κ3) is 1.57. The molecule has 0 aliphatic carbocycles. The number of nitrogens with two attached hydrogens (primary N) is 1. The van der Waals surface area contributed by atoms with Gasteiger partial charge in [0.05, 0.1) is 11.4 Å². The predicted octanol–water partition coefficient (Wildman–Crippen LogP) is 1.13. The van der Waals surface area contributed by atoms with Crippen molar-refractivity contribution in [3.8, 4) is 11.4 Å². The number of phenolic OH excluding ortho intramolecular Hbond substituents is 1. The Morgan fingerprint density at radius 2 is 1.87 bits per heavy atom. The Balaban J connectivity index is 2.70. The van der Waals surface area contributed by atoms with Gasteiger partial charge in [-0.1, -0.05) is 12.1 Å². The molecule has 0 unspecified atom stereocenters. The third-order valence-corrected chi connectivity index (χ3v) is 2.12. The van der Waals surface area contributed by atoms with E-state index in [1.165, 1.54) is 16.7 Å². The molecule has 0 fully saturated rings. The van der Waals surface area contributed by atoms with Crippen LogP contribution in [0, 0.1) is 0 Å². The normalized spacial score (nSPS) is 10.1. The van der Waals surface area contributed by atoms with Crippen LogP contribution in [-0.2, 0) is 0 Å². The van der Waals surface area contributed by atoms with Crippen molar-refractivity contribution in [3.05, 3.63) is 52.9 Å². The van der Waals surface area contributed by atoms with Gasteiger partial charge >= 0.3 is 0 Å². The van der Waals surface area contributed by atoms with Crippen LogP contribution in [0.3, 0.4) is 0 Å². The number of pyridine rings is 1. The van der Waals surface area contributed by atoms with Crippen molar-refractivity contribution in [2.75, 3.05) is 5.73 Å². The van der Waals surface area contributed by atoms with Gasteiger partial charge in [-0.25, -0.2) is 0 Å². The lowest BCUT2D eigenvalue weighted by atomic mass is 10.3. The lowest BCUT2D eigenvalue weighted by Crippen LogP contribution is -2.20. The molecule has 0 saturated heterocycles. The van der Waals surface area contributed by atoms with Crippen LogP contribution >= 0.6 is 0 Å². The second-order valence-corrected chi connectivity index (χ2v) is 3.13. The molecule has 0 amide bonds. The van der Waals surface area contributed by atoms with Gasteiger partial charge in [0.2, 0.25) is 0 Å². The van der Waals surface area contributed by atoms with Gasteiger partial charge in [-0.05, 0) is 24.3 Å². The van der Waals surface area contributed by atoms with Gasteiger partial charge in [-0.2, -0.15) is 0 Å². The Kier molecular flexibility index (Phi) is 2.17. The van der Waals surface area contributed by atoms with E-state index in [0.29, 0.717) is 5.69 Å². The predicted molar refractivity (Wildman–Crippen MR) is 58.1 cm³/mol. The van der Waals surface area contributed by atoms with E-state index in [2.05, 4.69) is 0 Å². The van der Waals surface area contributed by atoms with Crippen molar-refractivity contribution in [2.24, 2.45) is 0 Å². The van der Waals surface area contributed by atoms with Crippen molar-refractivity contribution in [2.45, 2.75) is 0 Å². The van der Waals surface area contributed by atoms with Crippen molar-refractivity contribution in [1.82, 2.24) is 4.57 Å². The van der Waals surface area contributed by atoms with E-state index in [-0.39, 0.29) is 17.0 Å². The molecule has 1 aromatic heterocycles. The summed E-state index contributed by atoms with van der Waals surface area (Å²) in [7, 11) is 0.